The van der Waals surface area contributed by atoms with Crippen molar-refractivity contribution < 1.29 is 20.1 Å². The van der Waals surface area contributed by atoms with E-state index in [-0.39, 0.29) is 18.9 Å². The van der Waals surface area contributed by atoms with E-state index in [0.29, 0.717) is 6.42 Å². The Hall–Kier alpha value is -1.43. The molecule has 3 atom stereocenters. The lowest BCUT2D eigenvalue weighted by Gasteiger charge is -2.21. The van der Waals surface area contributed by atoms with E-state index in [0.717, 1.165) is 32.1 Å². The van der Waals surface area contributed by atoms with Crippen LogP contribution in [0.25, 0.3) is 0 Å². The van der Waals surface area contributed by atoms with Crippen LogP contribution in [0.3, 0.4) is 0 Å². The number of aliphatic hydroxyl groups is 3. The molecule has 0 aromatic carbocycles. The van der Waals surface area contributed by atoms with Gasteiger partial charge in [-0.1, -0.05) is 243 Å². The van der Waals surface area contributed by atoms with Crippen LogP contribution in [0.5, 0.6) is 0 Å². The summed E-state index contributed by atoms with van der Waals surface area (Å²) in [6.07, 6.45) is 61.8. The summed E-state index contributed by atoms with van der Waals surface area (Å²) in [6, 6.07) is -0.760. The third-order valence-corrected chi connectivity index (χ3v) is 11.9. The summed E-state index contributed by atoms with van der Waals surface area (Å²) < 4.78 is 0. The fraction of sp³-hybridized carbons (Fsp3) is 0.868. The molecule has 58 heavy (non-hydrogen) atoms. The van der Waals surface area contributed by atoms with Gasteiger partial charge in [0.05, 0.1) is 31.3 Å². The van der Waals surface area contributed by atoms with Crippen molar-refractivity contribution in [1.29, 1.82) is 0 Å². The molecule has 0 saturated heterocycles. The number of hydrogen-bond acceptors (Lipinski definition) is 4. The average Bonchev–Trinajstić information content (AvgIpc) is 3.22. The smallest absolute Gasteiger partial charge is 0.222 e. The van der Waals surface area contributed by atoms with Crippen LogP contribution < -0.4 is 5.32 Å². The highest BCUT2D eigenvalue weighted by molar-refractivity contribution is 5.76. The van der Waals surface area contributed by atoms with Gasteiger partial charge in [-0.3, -0.25) is 4.79 Å². The molecule has 0 fully saturated rings. The molecule has 3 unspecified atom stereocenters. The molecule has 5 nitrogen and oxygen atoms in total. The highest BCUT2D eigenvalue weighted by atomic mass is 16.3. The van der Waals surface area contributed by atoms with Crippen LogP contribution in [-0.4, -0.2) is 46.1 Å². The number of allylic oxidation sites excluding steroid dienone is 5. The van der Waals surface area contributed by atoms with Crippen molar-refractivity contribution >= 4 is 5.91 Å². The normalized spacial score (nSPS) is 13.7. The van der Waals surface area contributed by atoms with E-state index in [1.165, 1.54) is 212 Å². The predicted octanol–water partition coefficient (Wildman–Crippen LogP) is 15.5. The molecule has 0 aliphatic carbocycles. The van der Waals surface area contributed by atoms with Gasteiger partial charge in [0.15, 0.2) is 0 Å². The van der Waals surface area contributed by atoms with Gasteiger partial charge in [0, 0.05) is 0 Å². The molecular formula is C53H101NO4. The largest absolute Gasteiger partial charge is 0.394 e. The fourth-order valence-corrected chi connectivity index (χ4v) is 7.94. The minimum Gasteiger partial charge on any atom is -0.394 e. The molecule has 342 valence electrons. The number of nitrogens with one attached hydrogen (secondary N) is 1. The van der Waals surface area contributed by atoms with E-state index in [1.54, 1.807) is 6.08 Å². The number of aliphatic hydroxyl groups excluding tert-OH is 3. The summed E-state index contributed by atoms with van der Waals surface area (Å²) in [4.78, 5) is 12.5. The van der Waals surface area contributed by atoms with E-state index in [9.17, 15) is 20.1 Å². The third kappa shape index (κ3) is 44.1. The Morgan fingerprint density at radius 1 is 0.431 bits per heavy atom. The van der Waals surface area contributed by atoms with E-state index < -0.39 is 18.2 Å². The molecule has 0 rings (SSSR count). The lowest BCUT2D eigenvalue weighted by atomic mass is 10.0. The zero-order chi connectivity index (χ0) is 42.3. The van der Waals surface area contributed by atoms with Crippen molar-refractivity contribution in [2.45, 2.75) is 289 Å². The number of amides is 1. The van der Waals surface area contributed by atoms with Crippen LogP contribution in [0.2, 0.25) is 0 Å². The Balaban J connectivity index is 3.56. The monoisotopic (exact) mass is 816 g/mol. The standard InChI is InChI=1S/C53H101NO4/c1-3-5-7-9-11-13-15-17-19-20-21-22-23-24-25-26-27-28-29-30-31-32-33-34-36-38-40-42-44-46-50(56)48-53(58)54-51(49-55)52(57)47-45-43-41-39-37-35-18-16-14-12-10-8-6-4-2/h24-25,37,39,45,47,50-52,55-57H,3-23,26-36,38,40-44,46,48-49H2,1-2H3,(H,54,58)/b25-24-,39-37+,47-45+. The maximum Gasteiger partial charge on any atom is 0.222 e. The summed E-state index contributed by atoms with van der Waals surface area (Å²) in [5, 5.41) is 33.3. The van der Waals surface area contributed by atoms with Gasteiger partial charge in [0.2, 0.25) is 5.91 Å². The van der Waals surface area contributed by atoms with Gasteiger partial charge in [-0.2, -0.15) is 0 Å². The number of hydrogen-bond donors (Lipinski definition) is 4. The molecule has 0 aliphatic rings. The summed E-state index contributed by atoms with van der Waals surface area (Å²) in [6.45, 7) is 4.21. The molecule has 0 aromatic heterocycles. The summed E-state index contributed by atoms with van der Waals surface area (Å²) in [5.74, 6) is -0.324. The molecule has 5 heteroatoms. The van der Waals surface area contributed by atoms with Gasteiger partial charge in [-0.25, -0.2) is 0 Å². The zero-order valence-corrected chi connectivity index (χ0v) is 38.9. The molecule has 0 bridgehead atoms. The fourth-order valence-electron chi connectivity index (χ4n) is 7.94. The Morgan fingerprint density at radius 3 is 1.10 bits per heavy atom. The van der Waals surface area contributed by atoms with Crippen LogP contribution >= 0.6 is 0 Å². The van der Waals surface area contributed by atoms with E-state index >= 15 is 0 Å². The molecule has 4 N–H and O–H groups in total. The Kier molecular flexibility index (Phi) is 47.0. The minimum absolute atomic E-state index is 0.00711. The molecule has 0 spiro atoms. The van der Waals surface area contributed by atoms with Gasteiger partial charge < -0.3 is 20.6 Å². The second kappa shape index (κ2) is 48.2. The maximum absolute atomic E-state index is 12.5. The highest BCUT2D eigenvalue weighted by Crippen LogP contribution is 2.16. The first-order chi connectivity index (χ1) is 28.5. The van der Waals surface area contributed by atoms with Crippen LogP contribution in [-0.2, 0) is 4.79 Å². The van der Waals surface area contributed by atoms with E-state index in [1.807, 2.05) is 6.08 Å². The van der Waals surface area contributed by atoms with Crippen molar-refractivity contribution in [2.24, 2.45) is 0 Å². The van der Waals surface area contributed by atoms with Crippen molar-refractivity contribution in [2.75, 3.05) is 6.61 Å². The quantitative estimate of drug-likeness (QED) is 0.0364. The molecular weight excluding hydrogens is 715 g/mol. The summed E-state index contributed by atoms with van der Waals surface area (Å²) >= 11 is 0. The molecule has 0 saturated carbocycles. The Labute approximate surface area is 362 Å². The molecule has 0 radical (unpaired) electrons. The number of carbonyl (C=O) groups excluding carboxylic acids is 1. The first-order valence-corrected chi connectivity index (χ1v) is 25.8. The molecule has 1 amide bonds. The van der Waals surface area contributed by atoms with Crippen molar-refractivity contribution in [3.63, 3.8) is 0 Å². The lowest BCUT2D eigenvalue weighted by molar-refractivity contribution is -0.124. The van der Waals surface area contributed by atoms with Crippen molar-refractivity contribution in [3.05, 3.63) is 36.5 Å². The third-order valence-electron chi connectivity index (χ3n) is 11.9. The molecule has 0 heterocycles. The maximum atomic E-state index is 12.5. The van der Waals surface area contributed by atoms with Crippen LogP contribution in [0, 0.1) is 0 Å². The minimum atomic E-state index is -0.950. The van der Waals surface area contributed by atoms with Gasteiger partial charge >= 0.3 is 0 Å². The summed E-state index contributed by atoms with van der Waals surface area (Å²) in [5.41, 5.74) is 0. The van der Waals surface area contributed by atoms with Crippen molar-refractivity contribution in [3.8, 4) is 0 Å². The van der Waals surface area contributed by atoms with E-state index in [4.69, 9.17) is 0 Å². The summed E-state index contributed by atoms with van der Waals surface area (Å²) in [7, 11) is 0. The topological polar surface area (TPSA) is 89.8 Å². The average molecular weight is 816 g/mol. The zero-order valence-electron chi connectivity index (χ0n) is 38.9. The van der Waals surface area contributed by atoms with Gasteiger partial charge in [0.25, 0.3) is 0 Å². The van der Waals surface area contributed by atoms with Gasteiger partial charge in [-0.15, -0.1) is 0 Å². The van der Waals surface area contributed by atoms with Crippen LogP contribution in [0.1, 0.15) is 271 Å². The van der Waals surface area contributed by atoms with Crippen LogP contribution in [0.15, 0.2) is 36.5 Å². The molecule has 0 aromatic rings. The lowest BCUT2D eigenvalue weighted by Crippen LogP contribution is -2.45. The number of carbonyl (C=O) groups is 1. The number of rotatable bonds is 47. The Morgan fingerprint density at radius 2 is 0.741 bits per heavy atom. The SMILES string of the molecule is CCCCCCCCCC/C=C/CC/C=C/C(O)C(CO)NC(=O)CC(O)CCCCCCCCCCCCCCC/C=C\CCCCCCCCCCCCCC. The predicted molar refractivity (Wildman–Crippen MR) is 254 cm³/mol. The first kappa shape index (κ1) is 56.6. The van der Waals surface area contributed by atoms with Crippen molar-refractivity contribution in [1.82, 2.24) is 5.32 Å². The second-order valence-electron chi connectivity index (χ2n) is 17.8. The van der Waals surface area contributed by atoms with Gasteiger partial charge in [-0.05, 0) is 57.8 Å². The first-order valence-electron chi connectivity index (χ1n) is 25.8. The second-order valence-corrected chi connectivity index (χ2v) is 17.8. The Bertz CT molecular complexity index is 901. The molecule has 0 aliphatic heterocycles. The number of unbranched alkanes of at least 4 members (excludes halogenated alkanes) is 34. The van der Waals surface area contributed by atoms with Crippen LogP contribution in [0.4, 0.5) is 0 Å². The van der Waals surface area contributed by atoms with Gasteiger partial charge in [0.1, 0.15) is 0 Å². The highest BCUT2D eigenvalue weighted by Gasteiger charge is 2.20. The van der Waals surface area contributed by atoms with E-state index in [2.05, 4.69) is 43.5 Å².